The molecule has 110 valence electrons. The van der Waals surface area contributed by atoms with E-state index in [1.165, 1.54) is 0 Å². The molecule has 6 heteroatoms. The maximum atomic E-state index is 11.7. The van der Waals surface area contributed by atoms with Crippen molar-refractivity contribution in [3.05, 3.63) is 0 Å². The van der Waals surface area contributed by atoms with Crippen molar-refractivity contribution in [1.29, 1.82) is 0 Å². The number of hydrogen-bond donors (Lipinski definition) is 3. The summed E-state index contributed by atoms with van der Waals surface area (Å²) in [5, 5.41) is 21.8. The Bertz CT molecular complexity index is 363. The highest BCUT2D eigenvalue weighted by Gasteiger charge is 2.48. The van der Waals surface area contributed by atoms with Crippen LogP contribution in [0.25, 0.3) is 0 Å². The van der Waals surface area contributed by atoms with Gasteiger partial charge in [-0.2, -0.15) is 0 Å². The van der Waals surface area contributed by atoms with E-state index in [-0.39, 0.29) is 12.3 Å². The molecule has 0 aromatic rings. The van der Waals surface area contributed by atoms with E-state index in [4.69, 9.17) is 9.84 Å². The number of aliphatic hydroxyl groups is 1. The molecule has 3 atom stereocenters. The van der Waals surface area contributed by atoms with Crippen LogP contribution in [0.4, 0.5) is 4.79 Å². The number of ether oxygens (including phenoxy) is 1. The summed E-state index contributed by atoms with van der Waals surface area (Å²) in [5.41, 5.74) is -2.57. The highest BCUT2D eigenvalue weighted by Crippen LogP contribution is 2.32. The van der Waals surface area contributed by atoms with Crippen LogP contribution in [0.3, 0.4) is 0 Å². The van der Waals surface area contributed by atoms with Crippen molar-refractivity contribution in [1.82, 2.24) is 5.32 Å². The third kappa shape index (κ3) is 4.09. The van der Waals surface area contributed by atoms with Gasteiger partial charge in [0, 0.05) is 0 Å². The smallest absolute Gasteiger partial charge is 0.407 e. The van der Waals surface area contributed by atoms with Gasteiger partial charge in [-0.3, -0.25) is 0 Å². The average Bonchev–Trinajstić information content (AvgIpc) is 2.20. The van der Waals surface area contributed by atoms with Gasteiger partial charge in [0.2, 0.25) is 0 Å². The monoisotopic (exact) mass is 273 g/mol. The first kappa shape index (κ1) is 15.8. The van der Waals surface area contributed by atoms with Crippen molar-refractivity contribution in [2.75, 3.05) is 0 Å². The largest absolute Gasteiger partial charge is 0.479 e. The lowest BCUT2D eigenvalue weighted by molar-refractivity contribution is -0.166. The van der Waals surface area contributed by atoms with E-state index in [9.17, 15) is 14.7 Å². The van der Waals surface area contributed by atoms with Crippen LogP contribution in [-0.4, -0.2) is 39.5 Å². The average molecular weight is 273 g/mol. The van der Waals surface area contributed by atoms with Crippen LogP contribution < -0.4 is 5.32 Å². The van der Waals surface area contributed by atoms with Gasteiger partial charge in [-0.25, -0.2) is 9.59 Å². The number of amides is 1. The molecule has 3 N–H and O–H groups in total. The van der Waals surface area contributed by atoms with Gasteiger partial charge >= 0.3 is 12.1 Å². The Kier molecular flexibility index (Phi) is 4.45. The summed E-state index contributed by atoms with van der Waals surface area (Å²) < 4.78 is 5.09. The minimum absolute atomic E-state index is 0.129. The Labute approximate surface area is 113 Å². The lowest BCUT2D eigenvalue weighted by Gasteiger charge is -2.39. The number of carbonyl (C=O) groups excluding carboxylic acids is 1. The Morgan fingerprint density at radius 1 is 1.37 bits per heavy atom. The van der Waals surface area contributed by atoms with Crippen LogP contribution in [0.15, 0.2) is 0 Å². The molecule has 3 unspecified atom stereocenters. The molecule has 0 aromatic carbocycles. The normalized spacial score (nSPS) is 31.6. The zero-order valence-electron chi connectivity index (χ0n) is 11.9. The highest BCUT2D eigenvalue weighted by molar-refractivity contribution is 5.80. The second-order valence-electron chi connectivity index (χ2n) is 6.31. The van der Waals surface area contributed by atoms with Gasteiger partial charge in [-0.15, -0.1) is 0 Å². The van der Waals surface area contributed by atoms with Gasteiger partial charge in [-0.05, 0) is 46.0 Å². The summed E-state index contributed by atoms with van der Waals surface area (Å²) in [5.74, 6) is -1.06. The molecule has 0 heterocycles. The van der Waals surface area contributed by atoms with E-state index in [0.29, 0.717) is 12.8 Å². The second-order valence-corrected chi connectivity index (χ2v) is 6.31. The van der Waals surface area contributed by atoms with Crippen molar-refractivity contribution in [2.45, 2.75) is 64.2 Å². The van der Waals surface area contributed by atoms with E-state index in [2.05, 4.69) is 5.32 Å². The standard InChI is InChI=1S/C13H23NO5/c1-8-5-6-13(18,10(15)16)9(7-8)14-11(17)19-12(2,3)4/h8-9,18H,5-7H2,1-4H3,(H,14,17)(H,15,16). The molecule has 1 fully saturated rings. The Hall–Kier alpha value is -1.30. The SMILES string of the molecule is CC1CCC(O)(C(=O)O)C(NC(=O)OC(C)(C)C)C1. The topological polar surface area (TPSA) is 95.9 Å². The molecule has 0 spiro atoms. The molecule has 0 saturated heterocycles. The first-order chi connectivity index (χ1) is 8.54. The molecule has 1 aliphatic carbocycles. The molecule has 0 radical (unpaired) electrons. The fourth-order valence-corrected chi connectivity index (χ4v) is 2.24. The van der Waals surface area contributed by atoms with Crippen molar-refractivity contribution < 1.29 is 24.5 Å². The molecule has 0 aromatic heterocycles. The zero-order valence-corrected chi connectivity index (χ0v) is 11.9. The number of aliphatic carboxylic acids is 1. The number of carboxylic acids is 1. The second kappa shape index (κ2) is 5.36. The van der Waals surface area contributed by atoms with Crippen molar-refractivity contribution in [3.8, 4) is 0 Å². The van der Waals surface area contributed by atoms with E-state index < -0.39 is 29.3 Å². The van der Waals surface area contributed by atoms with Crippen molar-refractivity contribution in [2.24, 2.45) is 5.92 Å². The van der Waals surface area contributed by atoms with E-state index >= 15 is 0 Å². The summed E-state index contributed by atoms with van der Waals surface area (Å²) in [7, 11) is 0. The summed E-state index contributed by atoms with van der Waals surface area (Å²) >= 11 is 0. The van der Waals surface area contributed by atoms with Gasteiger partial charge in [-0.1, -0.05) is 6.92 Å². The van der Waals surface area contributed by atoms with Crippen LogP contribution in [-0.2, 0) is 9.53 Å². The molecule has 1 aliphatic rings. The fraction of sp³-hybridized carbons (Fsp3) is 0.846. The Balaban J connectivity index is 2.76. The van der Waals surface area contributed by atoms with Crippen molar-refractivity contribution in [3.63, 3.8) is 0 Å². The molecular formula is C13H23NO5. The summed E-state index contributed by atoms with van der Waals surface area (Å²) in [6.07, 6.45) is 0.465. The van der Waals surface area contributed by atoms with Crippen LogP contribution in [0, 0.1) is 5.92 Å². The van der Waals surface area contributed by atoms with Gasteiger partial charge in [0.1, 0.15) is 5.60 Å². The molecule has 0 bridgehead atoms. The molecule has 6 nitrogen and oxygen atoms in total. The zero-order chi connectivity index (χ0) is 14.8. The maximum absolute atomic E-state index is 11.7. The lowest BCUT2D eigenvalue weighted by Crippen LogP contribution is -2.60. The molecular weight excluding hydrogens is 250 g/mol. The number of carboxylic acid groups (broad SMARTS) is 1. The number of alkyl carbamates (subject to hydrolysis) is 1. The molecule has 19 heavy (non-hydrogen) atoms. The van der Waals surface area contributed by atoms with Gasteiger partial charge < -0.3 is 20.3 Å². The quantitative estimate of drug-likeness (QED) is 0.709. The van der Waals surface area contributed by atoms with Gasteiger partial charge in [0.05, 0.1) is 6.04 Å². The first-order valence-electron chi connectivity index (χ1n) is 6.50. The first-order valence-corrected chi connectivity index (χ1v) is 6.50. The van der Waals surface area contributed by atoms with Crippen LogP contribution in [0.2, 0.25) is 0 Å². The summed E-state index contributed by atoms with van der Waals surface area (Å²) in [4.78, 5) is 22.9. The number of rotatable bonds is 2. The van der Waals surface area contributed by atoms with Crippen LogP contribution >= 0.6 is 0 Å². The van der Waals surface area contributed by atoms with Crippen LogP contribution in [0.1, 0.15) is 47.0 Å². The number of nitrogens with one attached hydrogen (secondary N) is 1. The third-order valence-corrected chi connectivity index (χ3v) is 3.29. The van der Waals surface area contributed by atoms with Crippen LogP contribution in [0.5, 0.6) is 0 Å². The minimum atomic E-state index is -1.91. The van der Waals surface area contributed by atoms with E-state index in [0.717, 1.165) is 0 Å². The third-order valence-electron chi connectivity index (χ3n) is 3.29. The van der Waals surface area contributed by atoms with Crippen molar-refractivity contribution >= 4 is 12.1 Å². The molecule has 1 rings (SSSR count). The van der Waals surface area contributed by atoms with Gasteiger partial charge in [0.15, 0.2) is 5.60 Å². The molecule has 1 saturated carbocycles. The summed E-state index contributed by atoms with van der Waals surface area (Å²) in [6, 6.07) is -0.830. The highest BCUT2D eigenvalue weighted by atomic mass is 16.6. The predicted octanol–water partition coefficient (Wildman–Crippen LogP) is 1.52. The lowest BCUT2D eigenvalue weighted by atomic mass is 9.75. The maximum Gasteiger partial charge on any atom is 0.407 e. The Morgan fingerprint density at radius 3 is 2.42 bits per heavy atom. The number of hydrogen-bond acceptors (Lipinski definition) is 4. The molecule has 1 amide bonds. The Morgan fingerprint density at radius 2 is 1.95 bits per heavy atom. The van der Waals surface area contributed by atoms with Gasteiger partial charge in [0.25, 0.3) is 0 Å². The summed E-state index contributed by atoms with van der Waals surface area (Å²) in [6.45, 7) is 7.13. The fourth-order valence-electron chi connectivity index (χ4n) is 2.24. The predicted molar refractivity (Wildman–Crippen MR) is 68.8 cm³/mol. The minimum Gasteiger partial charge on any atom is -0.479 e. The number of carbonyl (C=O) groups is 2. The molecule has 0 aliphatic heterocycles. The van der Waals surface area contributed by atoms with E-state index in [1.54, 1.807) is 20.8 Å². The van der Waals surface area contributed by atoms with E-state index in [1.807, 2.05) is 6.92 Å².